The fraction of sp³-hybridized carbons (Fsp3) is 0.286. The predicted molar refractivity (Wildman–Crippen MR) is 79.8 cm³/mol. The predicted octanol–water partition coefficient (Wildman–Crippen LogP) is 1.85. The number of ether oxygens (including phenoxy) is 1. The van der Waals surface area contributed by atoms with Crippen LogP contribution in [0.25, 0.3) is 0 Å². The quantitative estimate of drug-likeness (QED) is 0.763. The molecule has 0 spiro atoms. The molecule has 20 heavy (non-hydrogen) atoms. The zero-order valence-electron chi connectivity index (χ0n) is 11.0. The van der Waals surface area contributed by atoms with Gasteiger partial charge in [0.1, 0.15) is 5.75 Å². The van der Waals surface area contributed by atoms with Gasteiger partial charge in [0.2, 0.25) is 5.91 Å². The van der Waals surface area contributed by atoms with Crippen LogP contribution in [0.5, 0.6) is 5.75 Å². The standard InChI is InChI=1S/C14H17N3O2S/c15-11-2-1-3-13(8-11)19-7-5-14(18)16-6-4-12-9-20-10-17-12/h1-3,8-10H,4-7,15H2,(H,16,18). The summed E-state index contributed by atoms with van der Waals surface area (Å²) in [5, 5.41) is 4.82. The molecule has 1 aromatic carbocycles. The van der Waals surface area contributed by atoms with Crippen molar-refractivity contribution >= 4 is 22.9 Å². The van der Waals surface area contributed by atoms with Crippen molar-refractivity contribution in [2.45, 2.75) is 12.8 Å². The molecular formula is C14H17N3O2S. The molecule has 2 aromatic rings. The summed E-state index contributed by atoms with van der Waals surface area (Å²) in [5.74, 6) is 0.657. The SMILES string of the molecule is Nc1cccc(OCCC(=O)NCCc2cscn2)c1. The van der Waals surface area contributed by atoms with E-state index in [-0.39, 0.29) is 5.91 Å². The van der Waals surface area contributed by atoms with E-state index in [1.165, 1.54) is 0 Å². The molecule has 3 N–H and O–H groups in total. The topological polar surface area (TPSA) is 77.2 Å². The second-order valence-electron chi connectivity index (χ2n) is 4.25. The van der Waals surface area contributed by atoms with Gasteiger partial charge in [-0.05, 0) is 12.1 Å². The van der Waals surface area contributed by atoms with E-state index in [1.807, 2.05) is 17.5 Å². The number of nitrogens with one attached hydrogen (secondary N) is 1. The summed E-state index contributed by atoms with van der Waals surface area (Å²) in [4.78, 5) is 15.7. The van der Waals surface area contributed by atoms with Gasteiger partial charge in [-0.15, -0.1) is 11.3 Å². The molecular weight excluding hydrogens is 274 g/mol. The largest absolute Gasteiger partial charge is 0.493 e. The third kappa shape index (κ3) is 4.89. The number of carbonyl (C=O) groups is 1. The number of anilines is 1. The first-order valence-electron chi connectivity index (χ1n) is 6.36. The molecule has 0 saturated heterocycles. The second kappa shape index (κ2) is 7.49. The lowest BCUT2D eigenvalue weighted by atomic mass is 10.3. The van der Waals surface area contributed by atoms with Crippen LogP contribution in [-0.4, -0.2) is 24.0 Å². The van der Waals surface area contributed by atoms with Crippen LogP contribution in [0.4, 0.5) is 5.69 Å². The van der Waals surface area contributed by atoms with Gasteiger partial charge in [0.15, 0.2) is 0 Å². The maximum absolute atomic E-state index is 11.6. The highest BCUT2D eigenvalue weighted by molar-refractivity contribution is 7.07. The van der Waals surface area contributed by atoms with Crippen molar-refractivity contribution in [2.24, 2.45) is 0 Å². The average molecular weight is 291 g/mol. The normalized spacial score (nSPS) is 10.2. The van der Waals surface area contributed by atoms with Crippen LogP contribution in [0.1, 0.15) is 12.1 Å². The summed E-state index contributed by atoms with van der Waals surface area (Å²) in [6, 6.07) is 7.16. The molecule has 0 bridgehead atoms. The van der Waals surface area contributed by atoms with Crippen molar-refractivity contribution in [2.75, 3.05) is 18.9 Å². The third-order valence-electron chi connectivity index (χ3n) is 2.64. The van der Waals surface area contributed by atoms with E-state index in [0.717, 1.165) is 12.1 Å². The number of amides is 1. The van der Waals surface area contributed by atoms with Gasteiger partial charge < -0.3 is 15.8 Å². The van der Waals surface area contributed by atoms with Gasteiger partial charge in [0.25, 0.3) is 0 Å². The van der Waals surface area contributed by atoms with Gasteiger partial charge in [-0.25, -0.2) is 4.98 Å². The number of rotatable bonds is 7. The molecule has 1 aromatic heterocycles. The Kier molecular flexibility index (Phi) is 5.37. The van der Waals surface area contributed by atoms with Gasteiger partial charge in [0, 0.05) is 30.1 Å². The molecule has 106 valence electrons. The molecule has 0 radical (unpaired) electrons. The molecule has 0 atom stereocenters. The Balaban J connectivity index is 1.60. The Morgan fingerprint density at radius 3 is 3.10 bits per heavy atom. The van der Waals surface area contributed by atoms with Crippen LogP contribution in [0.3, 0.4) is 0 Å². The van der Waals surface area contributed by atoms with Gasteiger partial charge in [0.05, 0.1) is 24.2 Å². The Hall–Kier alpha value is -2.08. The Morgan fingerprint density at radius 1 is 1.45 bits per heavy atom. The highest BCUT2D eigenvalue weighted by Crippen LogP contribution is 2.14. The third-order valence-corrected chi connectivity index (χ3v) is 3.28. The molecule has 2 rings (SSSR count). The average Bonchev–Trinajstić information content (AvgIpc) is 2.92. The first kappa shape index (κ1) is 14.3. The van der Waals surface area contributed by atoms with E-state index in [2.05, 4.69) is 10.3 Å². The summed E-state index contributed by atoms with van der Waals surface area (Å²) >= 11 is 1.56. The maximum Gasteiger partial charge on any atom is 0.223 e. The molecule has 0 fully saturated rings. The van der Waals surface area contributed by atoms with Crippen LogP contribution in [0.2, 0.25) is 0 Å². The minimum atomic E-state index is -0.0240. The van der Waals surface area contributed by atoms with Crippen LogP contribution in [0.15, 0.2) is 35.2 Å². The molecule has 0 aliphatic heterocycles. The zero-order valence-corrected chi connectivity index (χ0v) is 11.9. The second-order valence-corrected chi connectivity index (χ2v) is 4.97. The monoisotopic (exact) mass is 291 g/mol. The van der Waals surface area contributed by atoms with Crippen LogP contribution >= 0.6 is 11.3 Å². The lowest BCUT2D eigenvalue weighted by molar-refractivity contribution is -0.121. The van der Waals surface area contributed by atoms with Gasteiger partial charge in [-0.2, -0.15) is 0 Å². The Morgan fingerprint density at radius 2 is 2.35 bits per heavy atom. The van der Waals surface area contributed by atoms with E-state index < -0.39 is 0 Å². The number of hydrogen-bond acceptors (Lipinski definition) is 5. The molecule has 1 heterocycles. The Bertz CT molecular complexity index is 543. The minimum Gasteiger partial charge on any atom is -0.493 e. The molecule has 0 aliphatic rings. The minimum absolute atomic E-state index is 0.0240. The lowest BCUT2D eigenvalue weighted by Crippen LogP contribution is -2.27. The van der Waals surface area contributed by atoms with Crippen LogP contribution in [-0.2, 0) is 11.2 Å². The smallest absolute Gasteiger partial charge is 0.223 e. The number of aromatic nitrogens is 1. The summed E-state index contributed by atoms with van der Waals surface area (Å²) < 4.78 is 5.46. The fourth-order valence-corrected chi connectivity index (χ4v) is 2.24. The maximum atomic E-state index is 11.6. The van der Waals surface area contributed by atoms with Crippen molar-refractivity contribution in [3.63, 3.8) is 0 Å². The van der Waals surface area contributed by atoms with E-state index in [4.69, 9.17) is 10.5 Å². The van der Waals surface area contributed by atoms with Crippen molar-refractivity contribution in [1.29, 1.82) is 0 Å². The fourth-order valence-electron chi connectivity index (χ4n) is 1.65. The summed E-state index contributed by atoms with van der Waals surface area (Å²) in [6.45, 7) is 0.937. The number of thiazole rings is 1. The number of nitrogen functional groups attached to an aromatic ring is 1. The summed E-state index contributed by atoms with van der Waals surface area (Å²) in [7, 11) is 0. The first-order chi connectivity index (χ1) is 9.74. The number of nitrogens with zero attached hydrogens (tertiary/aromatic N) is 1. The van der Waals surface area contributed by atoms with E-state index >= 15 is 0 Å². The van der Waals surface area contributed by atoms with E-state index in [1.54, 1.807) is 29.0 Å². The summed E-state index contributed by atoms with van der Waals surface area (Å²) in [5.41, 5.74) is 9.08. The Labute approximate surface area is 121 Å². The van der Waals surface area contributed by atoms with Crippen LogP contribution in [0, 0.1) is 0 Å². The van der Waals surface area contributed by atoms with Gasteiger partial charge in [-0.1, -0.05) is 6.07 Å². The molecule has 0 unspecified atom stereocenters. The van der Waals surface area contributed by atoms with Gasteiger partial charge in [-0.3, -0.25) is 4.79 Å². The van der Waals surface area contributed by atoms with Crippen molar-refractivity contribution < 1.29 is 9.53 Å². The number of hydrogen-bond donors (Lipinski definition) is 2. The van der Waals surface area contributed by atoms with Gasteiger partial charge >= 0.3 is 0 Å². The lowest BCUT2D eigenvalue weighted by Gasteiger charge is -2.07. The molecule has 1 amide bonds. The number of nitrogens with two attached hydrogens (primary N) is 1. The van der Waals surface area contributed by atoms with E-state index in [9.17, 15) is 4.79 Å². The number of carbonyl (C=O) groups excluding carboxylic acids is 1. The molecule has 0 aliphatic carbocycles. The summed E-state index contributed by atoms with van der Waals surface area (Å²) in [6.07, 6.45) is 1.08. The van der Waals surface area contributed by atoms with Crippen molar-refractivity contribution in [1.82, 2.24) is 10.3 Å². The van der Waals surface area contributed by atoms with Crippen LogP contribution < -0.4 is 15.8 Å². The zero-order chi connectivity index (χ0) is 14.2. The molecule has 5 nitrogen and oxygen atoms in total. The van der Waals surface area contributed by atoms with Crippen molar-refractivity contribution in [3.05, 3.63) is 40.8 Å². The first-order valence-corrected chi connectivity index (χ1v) is 7.30. The highest BCUT2D eigenvalue weighted by atomic mass is 32.1. The molecule has 0 saturated carbocycles. The van der Waals surface area contributed by atoms with E-state index in [0.29, 0.717) is 31.0 Å². The number of benzene rings is 1. The van der Waals surface area contributed by atoms with Crippen molar-refractivity contribution in [3.8, 4) is 5.75 Å². The molecule has 6 heteroatoms. The highest BCUT2D eigenvalue weighted by Gasteiger charge is 2.02.